The molecular weight excluding hydrogens is 408 g/mol. The average molecular weight is 431 g/mol. The summed E-state index contributed by atoms with van der Waals surface area (Å²) in [5.41, 5.74) is 3.36. The minimum absolute atomic E-state index is 0.0733. The van der Waals surface area contributed by atoms with E-state index in [1.165, 1.54) is 11.8 Å². The predicted molar refractivity (Wildman–Crippen MR) is 124 cm³/mol. The lowest BCUT2D eigenvalue weighted by molar-refractivity contribution is -0.128. The summed E-state index contributed by atoms with van der Waals surface area (Å²) in [6.07, 6.45) is 1.77. The van der Waals surface area contributed by atoms with Gasteiger partial charge in [0.15, 0.2) is 5.17 Å². The zero-order chi connectivity index (χ0) is 21.6. The van der Waals surface area contributed by atoms with Crippen LogP contribution in [-0.4, -0.2) is 32.1 Å². The summed E-state index contributed by atoms with van der Waals surface area (Å²) < 4.78 is 0. The third kappa shape index (κ3) is 5.38. The Hall–Kier alpha value is -3.45. The summed E-state index contributed by atoms with van der Waals surface area (Å²) in [6, 6.07) is 22.6. The van der Waals surface area contributed by atoms with Crippen LogP contribution in [0.3, 0.4) is 0 Å². The molecule has 2 aromatic carbocycles. The van der Waals surface area contributed by atoms with Crippen LogP contribution < -0.4 is 5.32 Å². The molecule has 31 heavy (non-hydrogen) atoms. The minimum atomic E-state index is -0.531. The second-order valence-electron chi connectivity index (χ2n) is 7.20. The first-order valence-corrected chi connectivity index (χ1v) is 10.8. The lowest BCUT2D eigenvalue weighted by Crippen LogP contribution is -2.33. The number of nitrogens with zero attached hydrogens (tertiary/aromatic N) is 3. The van der Waals surface area contributed by atoms with Gasteiger partial charge >= 0.3 is 0 Å². The number of thioether (sulfide) groups is 1. The molecule has 0 saturated carbocycles. The highest BCUT2D eigenvalue weighted by Gasteiger charge is 2.39. The van der Waals surface area contributed by atoms with Gasteiger partial charge in [0.05, 0.1) is 17.9 Å². The van der Waals surface area contributed by atoms with Crippen LogP contribution in [0.2, 0.25) is 0 Å². The number of carbonyl (C=O) groups is 2. The molecule has 1 saturated heterocycles. The number of benzene rings is 2. The predicted octanol–water partition coefficient (Wildman–Crippen LogP) is 4.55. The molecule has 0 bridgehead atoms. The Morgan fingerprint density at radius 2 is 1.81 bits per heavy atom. The van der Waals surface area contributed by atoms with E-state index in [4.69, 9.17) is 0 Å². The Labute approximate surface area is 185 Å². The van der Waals surface area contributed by atoms with Gasteiger partial charge in [-0.2, -0.15) is 0 Å². The van der Waals surface area contributed by atoms with Crippen LogP contribution in [0.1, 0.15) is 17.7 Å². The fourth-order valence-electron chi connectivity index (χ4n) is 3.15. The van der Waals surface area contributed by atoms with Crippen molar-refractivity contribution >= 4 is 40.1 Å². The van der Waals surface area contributed by atoms with Crippen LogP contribution >= 0.6 is 11.8 Å². The van der Waals surface area contributed by atoms with Crippen molar-refractivity contribution in [3.63, 3.8) is 0 Å². The van der Waals surface area contributed by atoms with Crippen molar-refractivity contribution < 1.29 is 9.59 Å². The first-order valence-electron chi connectivity index (χ1n) is 9.97. The number of hydrogen-bond acceptors (Lipinski definition) is 5. The quantitative estimate of drug-likeness (QED) is 0.623. The molecule has 1 fully saturated rings. The molecule has 6 nitrogen and oxygen atoms in total. The van der Waals surface area contributed by atoms with Crippen LogP contribution in [0.5, 0.6) is 0 Å². The largest absolute Gasteiger partial charge is 0.326 e. The number of amides is 2. The van der Waals surface area contributed by atoms with Gasteiger partial charge in [0.25, 0.3) is 0 Å². The zero-order valence-corrected chi connectivity index (χ0v) is 17.9. The molecule has 7 heteroatoms. The molecule has 1 atom stereocenters. The van der Waals surface area contributed by atoms with Gasteiger partial charge in [-0.15, -0.1) is 0 Å². The van der Waals surface area contributed by atoms with E-state index in [-0.39, 0.29) is 18.2 Å². The van der Waals surface area contributed by atoms with E-state index in [9.17, 15) is 9.59 Å². The highest BCUT2D eigenvalue weighted by atomic mass is 32.2. The molecule has 0 spiro atoms. The zero-order valence-electron chi connectivity index (χ0n) is 17.1. The van der Waals surface area contributed by atoms with Gasteiger partial charge in [-0.05, 0) is 43.3 Å². The maximum absolute atomic E-state index is 13.2. The maximum atomic E-state index is 13.2. The number of nitrogens with one attached hydrogen (secondary N) is 1. The lowest BCUT2D eigenvalue weighted by atomic mass is 10.2. The maximum Gasteiger partial charge on any atom is 0.243 e. The Balaban J connectivity index is 1.52. The normalized spacial score (nSPS) is 17.2. The Bertz CT molecular complexity index is 1090. The van der Waals surface area contributed by atoms with Gasteiger partial charge in [-0.1, -0.05) is 53.7 Å². The number of para-hydroxylation sites is 1. The number of aryl methyl sites for hydroxylation is 1. The number of rotatable bonds is 6. The molecule has 1 aliphatic heterocycles. The SMILES string of the molecule is Cc1ccc(NC(=O)CC2SC(=Nc3ccccc3)N(Cc3ccccn3)C2=O)cc1. The van der Waals surface area contributed by atoms with Crippen LogP contribution in [-0.2, 0) is 16.1 Å². The van der Waals surface area contributed by atoms with Crippen LogP contribution in [0.4, 0.5) is 11.4 Å². The molecule has 3 aromatic rings. The molecule has 4 rings (SSSR count). The van der Waals surface area contributed by atoms with E-state index >= 15 is 0 Å². The van der Waals surface area contributed by atoms with Crippen molar-refractivity contribution in [1.82, 2.24) is 9.88 Å². The van der Waals surface area contributed by atoms with Gasteiger partial charge in [0, 0.05) is 18.3 Å². The second-order valence-corrected chi connectivity index (χ2v) is 8.37. The number of carbonyl (C=O) groups excluding carboxylic acids is 2. The van der Waals surface area contributed by atoms with Gasteiger partial charge in [-0.25, -0.2) is 4.99 Å². The minimum Gasteiger partial charge on any atom is -0.326 e. The van der Waals surface area contributed by atoms with Gasteiger partial charge < -0.3 is 5.32 Å². The Morgan fingerprint density at radius 1 is 1.06 bits per heavy atom. The number of aromatic nitrogens is 1. The summed E-state index contributed by atoms with van der Waals surface area (Å²) in [6.45, 7) is 2.30. The monoisotopic (exact) mass is 430 g/mol. The van der Waals surface area contributed by atoms with Crippen molar-refractivity contribution in [1.29, 1.82) is 0 Å². The fraction of sp³-hybridized carbons (Fsp3) is 0.167. The summed E-state index contributed by atoms with van der Waals surface area (Å²) >= 11 is 1.32. The number of amidine groups is 1. The summed E-state index contributed by atoms with van der Waals surface area (Å²) in [5, 5.41) is 2.92. The van der Waals surface area contributed by atoms with Gasteiger partial charge in [-0.3, -0.25) is 19.5 Å². The van der Waals surface area contributed by atoms with Gasteiger partial charge in [0.1, 0.15) is 5.25 Å². The third-order valence-corrected chi connectivity index (χ3v) is 5.93. The summed E-state index contributed by atoms with van der Waals surface area (Å²) in [5.74, 6) is -0.335. The third-order valence-electron chi connectivity index (χ3n) is 4.75. The second kappa shape index (κ2) is 9.57. The first kappa shape index (κ1) is 20.8. The van der Waals surface area contributed by atoms with Crippen LogP contribution in [0.25, 0.3) is 0 Å². The standard InChI is InChI=1S/C24H22N4O2S/c1-17-10-12-19(13-11-17)26-22(29)15-21-23(30)28(16-20-9-5-6-14-25-20)24(31-21)27-18-7-3-2-4-8-18/h2-14,21H,15-16H2,1H3,(H,26,29). The Morgan fingerprint density at radius 3 is 2.52 bits per heavy atom. The highest BCUT2D eigenvalue weighted by molar-refractivity contribution is 8.15. The van der Waals surface area contributed by atoms with E-state index in [1.54, 1.807) is 11.1 Å². The lowest BCUT2D eigenvalue weighted by Gasteiger charge is -2.16. The topological polar surface area (TPSA) is 74.7 Å². The fourth-order valence-corrected chi connectivity index (χ4v) is 4.31. The average Bonchev–Trinajstić information content (AvgIpc) is 3.05. The molecule has 0 radical (unpaired) electrons. The molecule has 156 valence electrons. The van der Waals surface area contributed by atoms with E-state index in [0.29, 0.717) is 11.7 Å². The molecule has 0 aliphatic carbocycles. The summed E-state index contributed by atoms with van der Waals surface area (Å²) in [4.78, 5) is 36.3. The number of aliphatic imine (C=N–C) groups is 1. The number of pyridine rings is 1. The van der Waals surface area contributed by atoms with E-state index < -0.39 is 5.25 Å². The van der Waals surface area contributed by atoms with Crippen LogP contribution in [0.15, 0.2) is 84.0 Å². The number of hydrogen-bond donors (Lipinski definition) is 1. The van der Waals surface area contributed by atoms with E-state index in [2.05, 4.69) is 15.3 Å². The molecule has 2 amide bonds. The smallest absolute Gasteiger partial charge is 0.243 e. The summed E-state index contributed by atoms with van der Waals surface area (Å²) in [7, 11) is 0. The Kier molecular flexibility index (Phi) is 6.43. The van der Waals surface area contributed by atoms with Crippen molar-refractivity contribution in [2.45, 2.75) is 25.1 Å². The molecule has 1 aromatic heterocycles. The molecular formula is C24H22N4O2S. The van der Waals surface area contributed by atoms with Crippen molar-refractivity contribution in [2.24, 2.45) is 4.99 Å². The molecule has 2 heterocycles. The molecule has 1 aliphatic rings. The van der Waals surface area contributed by atoms with Crippen molar-refractivity contribution in [2.75, 3.05) is 5.32 Å². The van der Waals surface area contributed by atoms with E-state index in [0.717, 1.165) is 22.6 Å². The van der Waals surface area contributed by atoms with Crippen molar-refractivity contribution in [3.8, 4) is 0 Å². The highest BCUT2D eigenvalue weighted by Crippen LogP contribution is 2.32. The van der Waals surface area contributed by atoms with Crippen molar-refractivity contribution in [3.05, 3.63) is 90.3 Å². The van der Waals surface area contributed by atoms with Gasteiger partial charge in [0.2, 0.25) is 11.8 Å². The van der Waals surface area contributed by atoms with Crippen LogP contribution in [0, 0.1) is 6.92 Å². The molecule has 1 unspecified atom stereocenters. The van der Waals surface area contributed by atoms with E-state index in [1.807, 2.05) is 79.7 Å². The first-order chi connectivity index (χ1) is 15.1. The molecule has 1 N–H and O–H groups in total. The number of anilines is 1.